The minimum Gasteiger partial charge on any atom is -0.459 e. The Hall–Kier alpha value is -2.40. The summed E-state index contributed by atoms with van der Waals surface area (Å²) in [5.74, 6) is -0.0765. The highest BCUT2D eigenvalue weighted by Gasteiger charge is 2.46. The molecule has 2 aliphatic rings. The van der Waals surface area contributed by atoms with Crippen molar-refractivity contribution in [2.75, 3.05) is 31.1 Å². The van der Waals surface area contributed by atoms with Crippen LogP contribution in [0, 0.1) is 5.82 Å². The minimum absolute atomic E-state index is 0.156. The number of furan rings is 1. The van der Waals surface area contributed by atoms with Gasteiger partial charge in [0.15, 0.2) is 5.76 Å². The van der Waals surface area contributed by atoms with Crippen molar-refractivity contribution < 1.29 is 13.6 Å². The summed E-state index contributed by atoms with van der Waals surface area (Å²) in [6.07, 6.45) is 5.59. The monoisotopic (exact) mass is 368 g/mol. The van der Waals surface area contributed by atoms with Gasteiger partial charge < -0.3 is 9.32 Å². The van der Waals surface area contributed by atoms with Gasteiger partial charge in [0.25, 0.3) is 5.91 Å². The maximum atomic E-state index is 14.0. The molecular weight excluding hydrogens is 343 g/mol. The van der Waals surface area contributed by atoms with E-state index in [-0.39, 0.29) is 17.1 Å². The van der Waals surface area contributed by atoms with Gasteiger partial charge in [-0.1, -0.05) is 11.6 Å². The number of hydrogen-bond donors (Lipinski definition) is 0. The van der Waals surface area contributed by atoms with Crippen LogP contribution in [0.25, 0.3) is 0 Å². The van der Waals surface area contributed by atoms with E-state index in [1.54, 1.807) is 29.2 Å². The molecule has 1 amide bonds. The zero-order valence-electron chi connectivity index (χ0n) is 15.9. The Morgan fingerprint density at radius 3 is 2.70 bits per heavy atom. The molecule has 1 spiro atoms. The first-order valence-electron chi connectivity index (χ1n) is 9.50. The Bertz CT molecular complexity index is 860. The Morgan fingerprint density at radius 2 is 2.04 bits per heavy atom. The first-order valence-corrected chi connectivity index (χ1v) is 9.50. The predicted octanol–water partition coefficient (Wildman–Crippen LogP) is 4.38. The number of hydrogen-bond acceptors (Lipinski definition) is 3. The number of fused-ring (bicyclic) bond motifs is 2. The lowest BCUT2D eigenvalue weighted by Crippen LogP contribution is -2.46. The van der Waals surface area contributed by atoms with E-state index in [0.717, 1.165) is 43.7 Å². The molecule has 142 valence electrons. The van der Waals surface area contributed by atoms with Crippen molar-refractivity contribution in [2.24, 2.45) is 0 Å². The molecule has 0 unspecified atom stereocenters. The highest BCUT2D eigenvalue weighted by molar-refractivity contribution is 6.06. The molecule has 2 aromatic rings. The second kappa shape index (κ2) is 6.97. The second-order valence-corrected chi connectivity index (χ2v) is 7.89. The number of allylic oxidation sites excluding steroid dienone is 1. The summed E-state index contributed by atoms with van der Waals surface area (Å²) in [7, 11) is 0. The summed E-state index contributed by atoms with van der Waals surface area (Å²) < 4.78 is 19.4. The molecule has 1 saturated heterocycles. The molecule has 1 aromatic heterocycles. The minimum atomic E-state index is -0.243. The number of carbonyl (C=O) groups excluding carboxylic acids is 1. The van der Waals surface area contributed by atoms with Crippen molar-refractivity contribution in [1.82, 2.24) is 4.90 Å². The number of nitrogens with zero attached hydrogens (tertiary/aromatic N) is 2. The third-order valence-corrected chi connectivity index (χ3v) is 5.83. The van der Waals surface area contributed by atoms with Gasteiger partial charge in [-0.25, -0.2) is 4.39 Å². The largest absolute Gasteiger partial charge is 0.459 e. The molecule has 27 heavy (non-hydrogen) atoms. The maximum absolute atomic E-state index is 14.0. The van der Waals surface area contributed by atoms with Crippen molar-refractivity contribution in [3.05, 3.63) is 65.4 Å². The summed E-state index contributed by atoms with van der Waals surface area (Å²) >= 11 is 0. The van der Waals surface area contributed by atoms with E-state index in [4.69, 9.17) is 4.42 Å². The van der Waals surface area contributed by atoms with Crippen LogP contribution in [-0.4, -0.2) is 37.0 Å². The van der Waals surface area contributed by atoms with Gasteiger partial charge in [-0.05, 0) is 75.7 Å². The van der Waals surface area contributed by atoms with Crippen LogP contribution < -0.4 is 4.90 Å². The van der Waals surface area contributed by atoms with E-state index >= 15 is 0 Å². The second-order valence-electron chi connectivity index (χ2n) is 7.89. The number of carbonyl (C=O) groups is 1. The standard InChI is InChI=1S/C22H25FN2O2/c1-16(2)7-10-24-11-8-22(9-12-24)15-25(21(26)20-4-3-13-27-20)19-6-5-17(23)14-18(19)22/h3-7,13-14H,8-12,15H2,1-2H3. The molecule has 0 atom stereocenters. The van der Waals surface area contributed by atoms with Gasteiger partial charge in [0.2, 0.25) is 0 Å². The molecule has 5 heteroatoms. The summed E-state index contributed by atoms with van der Waals surface area (Å²) in [4.78, 5) is 17.1. The molecule has 0 bridgehead atoms. The molecule has 4 rings (SSSR count). The number of anilines is 1. The highest BCUT2D eigenvalue weighted by atomic mass is 19.1. The maximum Gasteiger partial charge on any atom is 0.293 e. The van der Waals surface area contributed by atoms with Crippen molar-refractivity contribution in [3.8, 4) is 0 Å². The fourth-order valence-corrected chi connectivity index (χ4v) is 4.26. The van der Waals surface area contributed by atoms with Gasteiger partial charge in [0.1, 0.15) is 5.82 Å². The van der Waals surface area contributed by atoms with E-state index in [0.29, 0.717) is 12.3 Å². The molecule has 0 aliphatic carbocycles. The van der Waals surface area contributed by atoms with E-state index < -0.39 is 0 Å². The van der Waals surface area contributed by atoms with E-state index in [1.807, 2.05) is 0 Å². The normalized spacial score (nSPS) is 18.6. The highest BCUT2D eigenvalue weighted by Crippen LogP contribution is 2.47. The Balaban J connectivity index is 1.61. The Kier molecular flexibility index (Phi) is 4.64. The van der Waals surface area contributed by atoms with E-state index in [2.05, 4.69) is 24.8 Å². The van der Waals surface area contributed by atoms with E-state index in [1.165, 1.54) is 17.9 Å². The van der Waals surface area contributed by atoms with Crippen LogP contribution in [0.15, 0.2) is 52.7 Å². The van der Waals surface area contributed by atoms with Crippen LogP contribution in [0.2, 0.25) is 0 Å². The average molecular weight is 368 g/mol. The summed E-state index contributed by atoms with van der Waals surface area (Å²) in [5.41, 5.74) is 2.92. The van der Waals surface area contributed by atoms with Crippen molar-refractivity contribution in [2.45, 2.75) is 32.1 Å². The lowest BCUT2D eigenvalue weighted by molar-refractivity contribution is 0.0951. The first-order chi connectivity index (χ1) is 13.0. The fourth-order valence-electron chi connectivity index (χ4n) is 4.26. The first kappa shape index (κ1) is 18.0. The predicted molar refractivity (Wildman–Crippen MR) is 104 cm³/mol. The van der Waals surface area contributed by atoms with Crippen LogP contribution in [-0.2, 0) is 5.41 Å². The number of likely N-dealkylation sites (tertiary alicyclic amines) is 1. The van der Waals surface area contributed by atoms with Crippen molar-refractivity contribution in [1.29, 1.82) is 0 Å². The van der Waals surface area contributed by atoms with Gasteiger partial charge in [-0.2, -0.15) is 0 Å². The zero-order valence-corrected chi connectivity index (χ0v) is 15.9. The number of benzene rings is 1. The van der Waals surface area contributed by atoms with Crippen LogP contribution in [0.3, 0.4) is 0 Å². The fraction of sp³-hybridized carbons (Fsp3) is 0.409. The van der Waals surface area contributed by atoms with Crippen LogP contribution in [0.5, 0.6) is 0 Å². The van der Waals surface area contributed by atoms with Crippen LogP contribution in [0.4, 0.5) is 10.1 Å². The molecule has 1 aromatic carbocycles. The van der Waals surface area contributed by atoms with E-state index in [9.17, 15) is 9.18 Å². The molecule has 0 radical (unpaired) electrons. The molecule has 0 saturated carbocycles. The van der Waals surface area contributed by atoms with Gasteiger partial charge in [0.05, 0.1) is 6.26 Å². The SMILES string of the molecule is CC(C)=CCN1CCC2(CC1)CN(C(=O)c1ccco1)c1ccc(F)cc12. The molecule has 1 fully saturated rings. The molecule has 0 N–H and O–H groups in total. The van der Waals surface area contributed by atoms with Gasteiger partial charge >= 0.3 is 0 Å². The summed E-state index contributed by atoms with van der Waals surface area (Å²) in [5, 5.41) is 0. The van der Waals surface area contributed by atoms with Gasteiger partial charge in [-0.15, -0.1) is 0 Å². The lowest BCUT2D eigenvalue weighted by Gasteiger charge is -2.39. The Labute approximate surface area is 159 Å². The molecule has 2 aliphatic heterocycles. The van der Waals surface area contributed by atoms with Gasteiger partial charge in [-0.3, -0.25) is 9.69 Å². The third kappa shape index (κ3) is 3.32. The number of halogens is 1. The number of piperidine rings is 1. The Morgan fingerprint density at radius 1 is 1.26 bits per heavy atom. The molecular formula is C22H25FN2O2. The van der Waals surface area contributed by atoms with Crippen molar-refractivity contribution in [3.63, 3.8) is 0 Å². The number of amides is 1. The summed E-state index contributed by atoms with van der Waals surface area (Å²) in [6.45, 7) is 7.65. The smallest absolute Gasteiger partial charge is 0.293 e. The topological polar surface area (TPSA) is 36.7 Å². The summed E-state index contributed by atoms with van der Waals surface area (Å²) in [6, 6.07) is 8.18. The third-order valence-electron chi connectivity index (χ3n) is 5.83. The van der Waals surface area contributed by atoms with Gasteiger partial charge in [0, 0.05) is 24.2 Å². The van der Waals surface area contributed by atoms with Crippen LogP contribution >= 0.6 is 0 Å². The zero-order chi connectivity index (χ0) is 19.0. The van der Waals surface area contributed by atoms with Crippen LogP contribution in [0.1, 0.15) is 42.8 Å². The quantitative estimate of drug-likeness (QED) is 0.755. The van der Waals surface area contributed by atoms with Crippen molar-refractivity contribution >= 4 is 11.6 Å². The molecule has 3 heterocycles. The number of rotatable bonds is 3. The average Bonchev–Trinajstić information content (AvgIpc) is 3.29. The lowest BCUT2D eigenvalue weighted by atomic mass is 9.74. The molecule has 4 nitrogen and oxygen atoms in total.